The molecule has 2 aliphatic heterocycles. The van der Waals surface area contributed by atoms with Crippen molar-refractivity contribution in [2.24, 2.45) is 0 Å². The summed E-state index contributed by atoms with van der Waals surface area (Å²) in [6.07, 6.45) is 2.32. The lowest BCUT2D eigenvalue weighted by Gasteiger charge is -2.23. The van der Waals surface area contributed by atoms with Gasteiger partial charge in [-0.25, -0.2) is 0 Å². The first-order valence-corrected chi connectivity index (χ1v) is 10.2. The molecule has 2 heterocycles. The molecule has 1 atom stereocenters. The first-order chi connectivity index (χ1) is 13.2. The summed E-state index contributed by atoms with van der Waals surface area (Å²) < 4.78 is 0. The third kappa shape index (κ3) is 3.73. The van der Waals surface area contributed by atoms with Gasteiger partial charge in [0, 0.05) is 27.9 Å². The number of benzene rings is 2. The summed E-state index contributed by atoms with van der Waals surface area (Å²) >= 11 is 1.54. The minimum atomic E-state index is -0.140. The summed E-state index contributed by atoms with van der Waals surface area (Å²) in [7, 11) is 0. The standard InChI is InChI=1S/C21H23N3O2S/c1-2-24-11-5-6-15(24)13-22-20(25)14-9-10-19-17(12-14)23-21(26)16-7-3-4-8-18(16)27-19/h3-4,7-10,12,15H,2,5-6,11,13H2,1H3,(H,22,25)(H,23,26). The van der Waals surface area contributed by atoms with Crippen LogP contribution in [0.15, 0.2) is 52.3 Å². The molecule has 2 aromatic carbocycles. The number of hydrogen-bond donors (Lipinski definition) is 2. The van der Waals surface area contributed by atoms with Gasteiger partial charge in [0.25, 0.3) is 11.8 Å². The maximum atomic E-state index is 12.6. The Morgan fingerprint density at radius 2 is 2.11 bits per heavy atom. The Kier molecular flexibility index (Phi) is 5.18. The Hall–Kier alpha value is -2.31. The number of carbonyl (C=O) groups is 2. The van der Waals surface area contributed by atoms with E-state index < -0.39 is 0 Å². The molecular weight excluding hydrogens is 358 g/mol. The first-order valence-electron chi connectivity index (χ1n) is 9.40. The number of hydrogen-bond acceptors (Lipinski definition) is 4. The van der Waals surface area contributed by atoms with Crippen LogP contribution in [0.25, 0.3) is 0 Å². The fourth-order valence-electron chi connectivity index (χ4n) is 3.76. The molecule has 0 radical (unpaired) electrons. The lowest BCUT2D eigenvalue weighted by molar-refractivity contribution is 0.0940. The molecule has 1 fully saturated rings. The van der Waals surface area contributed by atoms with Crippen LogP contribution in [-0.4, -0.2) is 42.4 Å². The molecule has 5 nitrogen and oxygen atoms in total. The van der Waals surface area contributed by atoms with E-state index in [1.807, 2.05) is 36.4 Å². The Labute approximate surface area is 163 Å². The normalized spacial score (nSPS) is 19.0. The minimum Gasteiger partial charge on any atom is -0.350 e. The zero-order valence-corrected chi connectivity index (χ0v) is 16.1. The van der Waals surface area contributed by atoms with Crippen molar-refractivity contribution >= 4 is 29.3 Å². The number of carbonyl (C=O) groups excluding carboxylic acids is 2. The average Bonchev–Trinajstić information content (AvgIpc) is 3.09. The molecule has 2 N–H and O–H groups in total. The molecule has 0 aliphatic carbocycles. The van der Waals surface area contributed by atoms with Gasteiger partial charge in [0.05, 0.1) is 11.3 Å². The number of fused-ring (bicyclic) bond motifs is 2. The SMILES string of the molecule is CCN1CCCC1CNC(=O)c1ccc2c(c1)NC(=O)c1ccccc1S2. The minimum absolute atomic E-state index is 0.0956. The molecule has 1 unspecified atom stereocenters. The fourth-order valence-corrected chi connectivity index (χ4v) is 4.77. The first kappa shape index (κ1) is 18.1. The van der Waals surface area contributed by atoms with Crippen molar-refractivity contribution in [3.8, 4) is 0 Å². The van der Waals surface area contributed by atoms with Crippen LogP contribution in [0.4, 0.5) is 5.69 Å². The number of nitrogens with zero attached hydrogens (tertiary/aromatic N) is 1. The lowest BCUT2D eigenvalue weighted by atomic mass is 10.1. The monoisotopic (exact) mass is 381 g/mol. The van der Waals surface area contributed by atoms with E-state index in [0.717, 1.165) is 29.3 Å². The molecule has 2 aromatic rings. The molecule has 2 aliphatic rings. The van der Waals surface area contributed by atoms with Gasteiger partial charge >= 0.3 is 0 Å². The predicted molar refractivity (Wildman–Crippen MR) is 108 cm³/mol. The molecule has 1 saturated heterocycles. The van der Waals surface area contributed by atoms with Crippen LogP contribution >= 0.6 is 11.8 Å². The van der Waals surface area contributed by atoms with Gasteiger partial charge in [-0.15, -0.1) is 0 Å². The molecule has 6 heteroatoms. The number of nitrogens with one attached hydrogen (secondary N) is 2. The van der Waals surface area contributed by atoms with Crippen LogP contribution in [0.5, 0.6) is 0 Å². The molecule has 0 bridgehead atoms. The zero-order valence-electron chi connectivity index (χ0n) is 15.3. The second kappa shape index (κ2) is 7.74. The zero-order chi connectivity index (χ0) is 18.8. The summed E-state index contributed by atoms with van der Waals surface area (Å²) in [5.74, 6) is -0.235. The van der Waals surface area contributed by atoms with Crippen LogP contribution in [0.1, 0.15) is 40.5 Å². The van der Waals surface area contributed by atoms with Crippen LogP contribution in [0, 0.1) is 0 Å². The van der Waals surface area contributed by atoms with Crippen LogP contribution in [-0.2, 0) is 0 Å². The summed E-state index contributed by atoms with van der Waals surface area (Å²) in [5.41, 5.74) is 1.91. The largest absolute Gasteiger partial charge is 0.350 e. The van der Waals surface area contributed by atoms with E-state index in [1.165, 1.54) is 6.42 Å². The van der Waals surface area contributed by atoms with E-state index >= 15 is 0 Å². The molecule has 27 heavy (non-hydrogen) atoms. The van der Waals surface area contributed by atoms with Crippen molar-refractivity contribution in [2.45, 2.75) is 35.6 Å². The number of likely N-dealkylation sites (tertiary alicyclic amines) is 1. The van der Waals surface area contributed by atoms with Crippen LogP contribution < -0.4 is 10.6 Å². The van der Waals surface area contributed by atoms with Gasteiger partial charge in [-0.2, -0.15) is 0 Å². The fraction of sp³-hybridized carbons (Fsp3) is 0.333. The number of amides is 2. The number of likely N-dealkylation sites (N-methyl/N-ethyl adjacent to an activating group) is 1. The lowest BCUT2D eigenvalue weighted by Crippen LogP contribution is -2.40. The highest BCUT2D eigenvalue weighted by atomic mass is 32.2. The van der Waals surface area contributed by atoms with Crippen molar-refractivity contribution in [2.75, 3.05) is 25.0 Å². The third-order valence-electron chi connectivity index (χ3n) is 5.25. The highest BCUT2D eigenvalue weighted by Gasteiger charge is 2.24. The second-order valence-corrected chi connectivity index (χ2v) is 7.98. The molecule has 140 valence electrons. The van der Waals surface area contributed by atoms with Gasteiger partial charge in [-0.1, -0.05) is 30.8 Å². The van der Waals surface area contributed by atoms with Gasteiger partial charge in [0.2, 0.25) is 0 Å². The predicted octanol–water partition coefficient (Wildman–Crippen LogP) is 3.62. The van der Waals surface area contributed by atoms with Gasteiger partial charge in [0.1, 0.15) is 0 Å². The topological polar surface area (TPSA) is 61.4 Å². The molecule has 0 saturated carbocycles. The number of anilines is 1. The smallest absolute Gasteiger partial charge is 0.256 e. The molecule has 0 aromatic heterocycles. The van der Waals surface area contributed by atoms with Gasteiger partial charge in [0.15, 0.2) is 0 Å². The van der Waals surface area contributed by atoms with E-state index in [4.69, 9.17) is 0 Å². The van der Waals surface area contributed by atoms with E-state index in [9.17, 15) is 9.59 Å². The Balaban J connectivity index is 1.49. The van der Waals surface area contributed by atoms with E-state index in [-0.39, 0.29) is 11.8 Å². The van der Waals surface area contributed by atoms with E-state index in [0.29, 0.717) is 29.4 Å². The Morgan fingerprint density at radius 3 is 2.96 bits per heavy atom. The van der Waals surface area contributed by atoms with E-state index in [1.54, 1.807) is 17.8 Å². The summed E-state index contributed by atoms with van der Waals surface area (Å²) in [4.78, 5) is 29.4. The van der Waals surface area contributed by atoms with Crippen molar-refractivity contribution < 1.29 is 9.59 Å². The number of rotatable bonds is 4. The summed E-state index contributed by atoms with van der Waals surface area (Å²) in [6, 6.07) is 13.5. The maximum Gasteiger partial charge on any atom is 0.256 e. The van der Waals surface area contributed by atoms with Crippen molar-refractivity contribution in [3.63, 3.8) is 0 Å². The quantitative estimate of drug-likeness (QED) is 0.849. The van der Waals surface area contributed by atoms with Gasteiger partial charge < -0.3 is 10.6 Å². The molecule has 4 rings (SSSR count). The molecule has 0 spiro atoms. The molecule has 2 amide bonds. The highest BCUT2D eigenvalue weighted by molar-refractivity contribution is 7.99. The van der Waals surface area contributed by atoms with Gasteiger partial charge in [-0.05, 0) is 56.3 Å². The van der Waals surface area contributed by atoms with Crippen molar-refractivity contribution in [3.05, 3.63) is 53.6 Å². The Morgan fingerprint density at radius 1 is 1.26 bits per heavy atom. The van der Waals surface area contributed by atoms with E-state index in [2.05, 4.69) is 22.5 Å². The third-order valence-corrected chi connectivity index (χ3v) is 6.40. The van der Waals surface area contributed by atoms with Crippen LogP contribution in [0.3, 0.4) is 0 Å². The van der Waals surface area contributed by atoms with Crippen LogP contribution in [0.2, 0.25) is 0 Å². The average molecular weight is 382 g/mol. The summed E-state index contributed by atoms with van der Waals surface area (Å²) in [5, 5.41) is 6.00. The molecular formula is C21H23N3O2S. The maximum absolute atomic E-state index is 12.6. The summed E-state index contributed by atoms with van der Waals surface area (Å²) in [6.45, 7) is 4.95. The van der Waals surface area contributed by atoms with Crippen molar-refractivity contribution in [1.29, 1.82) is 0 Å². The highest BCUT2D eigenvalue weighted by Crippen LogP contribution is 2.38. The van der Waals surface area contributed by atoms with Crippen molar-refractivity contribution in [1.82, 2.24) is 10.2 Å². The second-order valence-electron chi connectivity index (χ2n) is 6.90. The van der Waals surface area contributed by atoms with Gasteiger partial charge in [-0.3, -0.25) is 14.5 Å². The Bertz CT molecular complexity index is 883.